The summed E-state index contributed by atoms with van der Waals surface area (Å²) in [6.07, 6.45) is 0.884. The molecule has 0 spiro atoms. The first kappa shape index (κ1) is 19.1. The molecule has 0 aromatic heterocycles. The maximum atomic E-state index is 11.9. The van der Waals surface area contributed by atoms with Crippen LogP contribution in [0.5, 0.6) is 0 Å². The molecule has 1 heterocycles. The third-order valence-electron chi connectivity index (χ3n) is 5.56. The monoisotopic (exact) mass is 386 g/mol. The Balaban J connectivity index is 1.56. The number of para-hydroxylation sites is 1. The van der Waals surface area contributed by atoms with Crippen LogP contribution in [0.25, 0.3) is 0 Å². The Morgan fingerprint density at radius 2 is 1.69 bits per heavy atom. The minimum atomic E-state index is -0.297. The summed E-state index contributed by atoms with van der Waals surface area (Å²) in [7, 11) is 1.41. The summed E-state index contributed by atoms with van der Waals surface area (Å²) in [5.74, 6) is -0.297. The fourth-order valence-corrected chi connectivity index (χ4v) is 4.05. The van der Waals surface area contributed by atoms with Crippen LogP contribution in [0.15, 0.2) is 72.8 Å². The van der Waals surface area contributed by atoms with Gasteiger partial charge in [0.05, 0.1) is 18.7 Å². The Hall–Kier alpha value is -3.27. The van der Waals surface area contributed by atoms with Crippen molar-refractivity contribution in [2.75, 3.05) is 17.7 Å². The summed E-state index contributed by atoms with van der Waals surface area (Å²) in [5, 5.41) is 7.11. The predicted octanol–water partition coefficient (Wildman–Crippen LogP) is 5.95. The van der Waals surface area contributed by atoms with E-state index in [2.05, 4.69) is 60.9 Å². The topological polar surface area (TPSA) is 50.4 Å². The van der Waals surface area contributed by atoms with Gasteiger partial charge in [0.15, 0.2) is 0 Å². The number of ether oxygens (including phenoxy) is 1. The van der Waals surface area contributed by atoms with Gasteiger partial charge in [-0.3, -0.25) is 0 Å². The van der Waals surface area contributed by atoms with E-state index < -0.39 is 0 Å². The summed E-state index contributed by atoms with van der Waals surface area (Å²) >= 11 is 0. The second kappa shape index (κ2) is 7.63. The molecule has 1 aliphatic rings. The van der Waals surface area contributed by atoms with Gasteiger partial charge in [-0.15, -0.1) is 0 Å². The number of carbonyl (C=O) groups is 1. The average molecular weight is 386 g/mol. The first-order valence-electron chi connectivity index (χ1n) is 9.86. The molecule has 1 aliphatic heterocycles. The van der Waals surface area contributed by atoms with Crippen molar-refractivity contribution in [1.29, 1.82) is 0 Å². The standard InChI is InChI=1S/C25H26N2O2/c1-25(2)16-19-15-18(24(28)29-3)11-14-22(19)27-23(25)17-9-12-21(13-10-17)26-20-7-5-4-6-8-20/h4-15,23,26-27H,16H2,1-3H3. The highest BCUT2D eigenvalue weighted by atomic mass is 16.5. The van der Waals surface area contributed by atoms with E-state index in [1.807, 2.05) is 36.4 Å². The molecule has 1 unspecified atom stereocenters. The summed E-state index contributed by atoms with van der Waals surface area (Å²) < 4.78 is 4.86. The average Bonchev–Trinajstić information content (AvgIpc) is 2.73. The van der Waals surface area contributed by atoms with Crippen LogP contribution in [0, 0.1) is 5.41 Å². The van der Waals surface area contributed by atoms with Crippen LogP contribution in [0.2, 0.25) is 0 Å². The molecule has 148 valence electrons. The van der Waals surface area contributed by atoms with Gasteiger partial charge in [-0.05, 0) is 65.4 Å². The number of hydrogen-bond acceptors (Lipinski definition) is 4. The smallest absolute Gasteiger partial charge is 0.337 e. The Morgan fingerprint density at radius 1 is 1.00 bits per heavy atom. The SMILES string of the molecule is COC(=O)c1ccc2c(c1)CC(C)(C)C(c1ccc(Nc3ccccc3)cc1)N2. The molecule has 0 amide bonds. The fourth-order valence-electron chi connectivity index (χ4n) is 4.05. The van der Waals surface area contributed by atoms with Crippen molar-refractivity contribution in [3.63, 3.8) is 0 Å². The third-order valence-corrected chi connectivity index (χ3v) is 5.56. The van der Waals surface area contributed by atoms with E-state index in [4.69, 9.17) is 4.74 Å². The number of methoxy groups -OCH3 is 1. The highest BCUT2D eigenvalue weighted by Crippen LogP contribution is 2.45. The lowest BCUT2D eigenvalue weighted by molar-refractivity contribution is 0.0600. The van der Waals surface area contributed by atoms with E-state index in [1.54, 1.807) is 0 Å². The fraction of sp³-hybridized carbons (Fsp3) is 0.240. The Labute approximate surface area is 171 Å². The largest absolute Gasteiger partial charge is 0.465 e. The number of carbonyl (C=O) groups excluding carboxylic acids is 1. The first-order chi connectivity index (χ1) is 14.0. The number of nitrogens with one attached hydrogen (secondary N) is 2. The molecule has 0 radical (unpaired) electrons. The lowest BCUT2D eigenvalue weighted by atomic mass is 9.72. The molecular formula is C25H26N2O2. The summed E-state index contributed by atoms with van der Waals surface area (Å²) in [4.78, 5) is 11.9. The zero-order chi connectivity index (χ0) is 20.4. The van der Waals surface area contributed by atoms with E-state index >= 15 is 0 Å². The molecule has 4 heteroatoms. The van der Waals surface area contributed by atoms with Gasteiger partial charge in [0, 0.05) is 17.1 Å². The van der Waals surface area contributed by atoms with E-state index in [1.165, 1.54) is 12.7 Å². The van der Waals surface area contributed by atoms with E-state index in [9.17, 15) is 4.79 Å². The molecule has 29 heavy (non-hydrogen) atoms. The zero-order valence-corrected chi connectivity index (χ0v) is 17.0. The van der Waals surface area contributed by atoms with Crippen LogP contribution >= 0.6 is 0 Å². The van der Waals surface area contributed by atoms with Crippen molar-refractivity contribution in [1.82, 2.24) is 0 Å². The molecular weight excluding hydrogens is 360 g/mol. The summed E-state index contributed by atoms with van der Waals surface area (Å²) in [5.41, 5.74) is 6.21. The molecule has 3 aromatic carbocycles. The Morgan fingerprint density at radius 3 is 2.38 bits per heavy atom. The minimum absolute atomic E-state index is 0.00385. The van der Waals surface area contributed by atoms with E-state index in [0.29, 0.717) is 5.56 Å². The molecule has 0 saturated heterocycles. The van der Waals surface area contributed by atoms with Gasteiger partial charge < -0.3 is 15.4 Å². The highest BCUT2D eigenvalue weighted by Gasteiger charge is 2.36. The van der Waals surface area contributed by atoms with Gasteiger partial charge in [0.2, 0.25) is 0 Å². The molecule has 1 atom stereocenters. The lowest BCUT2D eigenvalue weighted by Gasteiger charge is -2.41. The molecule has 2 N–H and O–H groups in total. The van der Waals surface area contributed by atoms with Crippen molar-refractivity contribution in [2.24, 2.45) is 5.41 Å². The van der Waals surface area contributed by atoms with Crippen molar-refractivity contribution in [3.8, 4) is 0 Å². The summed E-state index contributed by atoms with van der Waals surface area (Å²) in [6, 6.07) is 24.7. The minimum Gasteiger partial charge on any atom is -0.465 e. The lowest BCUT2D eigenvalue weighted by Crippen LogP contribution is -2.35. The van der Waals surface area contributed by atoms with Crippen LogP contribution in [-0.4, -0.2) is 13.1 Å². The number of fused-ring (bicyclic) bond motifs is 1. The first-order valence-corrected chi connectivity index (χ1v) is 9.86. The van der Waals surface area contributed by atoms with Crippen LogP contribution in [0.4, 0.5) is 17.1 Å². The Kier molecular flexibility index (Phi) is 5.01. The normalized spacial score (nSPS) is 17.0. The quantitative estimate of drug-likeness (QED) is 0.544. The van der Waals surface area contributed by atoms with Crippen LogP contribution in [-0.2, 0) is 11.2 Å². The van der Waals surface area contributed by atoms with Gasteiger partial charge >= 0.3 is 5.97 Å². The molecule has 0 bridgehead atoms. The number of hydrogen-bond donors (Lipinski definition) is 2. The number of rotatable bonds is 4. The highest BCUT2D eigenvalue weighted by molar-refractivity contribution is 5.90. The molecule has 4 rings (SSSR count). The second-order valence-electron chi connectivity index (χ2n) is 8.22. The second-order valence-corrected chi connectivity index (χ2v) is 8.22. The maximum absolute atomic E-state index is 11.9. The van der Waals surface area contributed by atoms with Gasteiger partial charge in [0.25, 0.3) is 0 Å². The predicted molar refractivity (Wildman–Crippen MR) is 118 cm³/mol. The van der Waals surface area contributed by atoms with Gasteiger partial charge in [0.1, 0.15) is 0 Å². The maximum Gasteiger partial charge on any atom is 0.337 e. The molecule has 0 fully saturated rings. The van der Waals surface area contributed by atoms with Crippen LogP contribution < -0.4 is 10.6 Å². The summed E-state index contributed by atoms with van der Waals surface area (Å²) in [6.45, 7) is 4.52. The molecule has 3 aromatic rings. The van der Waals surface area contributed by atoms with E-state index in [-0.39, 0.29) is 17.4 Å². The molecule has 0 saturated carbocycles. The van der Waals surface area contributed by atoms with Crippen molar-refractivity contribution >= 4 is 23.0 Å². The molecule has 0 aliphatic carbocycles. The number of anilines is 3. The molecule has 4 nitrogen and oxygen atoms in total. The van der Waals surface area contributed by atoms with Crippen molar-refractivity contribution < 1.29 is 9.53 Å². The number of benzene rings is 3. The van der Waals surface area contributed by atoms with E-state index in [0.717, 1.165) is 29.0 Å². The van der Waals surface area contributed by atoms with Crippen molar-refractivity contribution in [2.45, 2.75) is 26.3 Å². The number of esters is 1. The van der Waals surface area contributed by atoms with Gasteiger partial charge in [-0.2, -0.15) is 0 Å². The zero-order valence-electron chi connectivity index (χ0n) is 17.0. The third kappa shape index (κ3) is 3.97. The van der Waals surface area contributed by atoms with Crippen LogP contribution in [0.1, 0.15) is 41.4 Å². The van der Waals surface area contributed by atoms with Crippen LogP contribution in [0.3, 0.4) is 0 Å². The van der Waals surface area contributed by atoms with Crippen molar-refractivity contribution in [3.05, 3.63) is 89.5 Å². The van der Waals surface area contributed by atoms with Gasteiger partial charge in [-0.25, -0.2) is 4.79 Å². The van der Waals surface area contributed by atoms with Gasteiger partial charge in [-0.1, -0.05) is 44.2 Å². The Bertz CT molecular complexity index is 1010.